The first-order valence-corrected chi connectivity index (χ1v) is 7.03. The normalized spacial score (nSPS) is 10.8. The van der Waals surface area contributed by atoms with E-state index in [1.165, 1.54) is 6.20 Å². The summed E-state index contributed by atoms with van der Waals surface area (Å²) in [6.45, 7) is 0. The Hall–Kier alpha value is -3.48. The van der Waals surface area contributed by atoms with E-state index in [2.05, 4.69) is 25.7 Å². The fourth-order valence-electron chi connectivity index (χ4n) is 2.38. The van der Waals surface area contributed by atoms with Crippen LogP contribution in [-0.4, -0.2) is 30.7 Å². The Kier molecular flexibility index (Phi) is 3.09. The standard InChI is InChI=1S/C16H12N6O/c23-15(18-16-21-19-13-8-4-5-9-22(13)16)12-10-17-20-14(12)11-6-2-1-3-7-11/h1-10H,(H,17,20)(H,18,21,23). The van der Waals surface area contributed by atoms with E-state index in [4.69, 9.17) is 0 Å². The summed E-state index contributed by atoms with van der Waals surface area (Å²) in [5, 5.41) is 17.6. The minimum atomic E-state index is -0.296. The molecular formula is C16H12N6O. The average molecular weight is 304 g/mol. The number of H-pyrrole nitrogens is 1. The number of aromatic amines is 1. The number of carbonyl (C=O) groups excluding carboxylic acids is 1. The molecule has 0 bridgehead atoms. The summed E-state index contributed by atoms with van der Waals surface area (Å²) >= 11 is 0. The molecule has 2 N–H and O–H groups in total. The Morgan fingerprint density at radius 1 is 1.04 bits per heavy atom. The van der Waals surface area contributed by atoms with Crippen LogP contribution in [0.3, 0.4) is 0 Å². The van der Waals surface area contributed by atoms with Crippen LogP contribution in [0.4, 0.5) is 5.95 Å². The predicted molar refractivity (Wildman–Crippen MR) is 85.0 cm³/mol. The molecule has 0 atom stereocenters. The summed E-state index contributed by atoms with van der Waals surface area (Å²) in [7, 11) is 0. The molecule has 3 heterocycles. The molecule has 0 aliphatic heterocycles. The largest absolute Gasteiger partial charge is 0.290 e. The lowest BCUT2D eigenvalue weighted by Crippen LogP contribution is -2.14. The molecule has 4 aromatic rings. The highest BCUT2D eigenvalue weighted by molar-refractivity contribution is 6.07. The summed E-state index contributed by atoms with van der Waals surface area (Å²) in [6.07, 6.45) is 3.29. The van der Waals surface area contributed by atoms with Crippen LogP contribution >= 0.6 is 0 Å². The van der Waals surface area contributed by atoms with E-state index >= 15 is 0 Å². The molecule has 0 unspecified atom stereocenters. The van der Waals surface area contributed by atoms with Crippen LogP contribution < -0.4 is 5.32 Å². The maximum absolute atomic E-state index is 12.6. The summed E-state index contributed by atoms with van der Waals surface area (Å²) < 4.78 is 1.71. The summed E-state index contributed by atoms with van der Waals surface area (Å²) in [5.74, 6) is 0.0709. The molecule has 7 nitrogen and oxygen atoms in total. The van der Waals surface area contributed by atoms with E-state index in [9.17, 15) is 4.79 Å². The van der Waals surface area contributed by atoms with E-state index in [0.717, 1.165) is 5.56 Å². The van der Waals surface area contributed by atoms with Crippen LogP contribution in [0.15, 0.2) is 60.9 Å². The molecule has 0 aliphatic rings. The molecule has 4 rings (SSSR count). The Morgan fingerprint density at radius 3 is 2.74 bits per heavy atom. The highest BCUT2D eigenvalue weighted by Gasteiger charge is 2.17. The first-order valence-electron chi connectivity index (χ1n) is 7.03. The van der Waals surface area contributed by atoms with Gasteiger partial charge in [-0.25, -0.2) is 0 Å². The van der Waals surface area contributed by atoms with Crippen molar-refractivity contribution >= 4 is 17.5 Å². The summed E-state index contributed by atoms with van der Waals surface area (Å²) in [6, 6.07) is 15.1. The molecule has 1 amide bonds. The number of nitrogens with one attached hydrogen (secondary N) is 2. The number of rotatable bonds is 3. The first-order chi connectivity index (χ1) is 11.3. The second kappa shape index (κ2) is 5.38. The number of anilines is 1. The van der Waals surface area contributed by atoms with Crippen molar-refractivity contribution in [2.45, 2.75) is 0 Å². The van der Waals surface area contributed by atoms with Crippen molar-refractivity contribution in [1.29, 1.82) is 0 Å². The molecule has 7 heteroatoms. The third-order valence-electron chi connectivity index (χ3n) is 3.49. The minimum absolute atomic E-state index is 0.296. The highest BCUT2D eigenvalue weighted by atomic mass is 16.1. The fraction of sp³-hybridized carbons (Fsp3) is 0. The summed E-state index contributed by atoms with van der Waals surface area (Å²) in [5.41, 5.74) is 2.67. The van der Waals surface area contributed by atoms with Gasteiger partial charge in [0.15, 0.2) is 5.65 Å². The molecule has 1 aromatic carbocycles. The topological polar surface area (TPSA) is 88.0 Å². The van der Waals surface area contributed by atoms with Crippen molar-refractivity contribution in [2.24, 2.45) is 0 Å². The van der Waals surface area contributed by atoms with Crippen molar-refractivity contribution < 1.29 is 4.79 Å². The van der Waals surface area contributed by atoms with E-state index in [1.54, 1.807) is 10.6 Å². The van der Waals surface area contributed by atoms with Crippen molar-refractivity contribution in [1.82, 2.24) is 24.8 Å². The number of carbonyl (C=O) groups is 1. The van der Waals surface area contributed by atoms with Crippen LogP contribution in [0.1, 0.15) is 10.4 Å². The molecule has 23 heavy (non-hydrogen) atoms. The van der Waals surface area contributed by atoms with Crippen molar-refractivity contribution in [3.63, 3.8) is 0 Å². The summed E-state index contributed by atoms with van der Waals surface area (Å²) in [4.78, 5) is 12.6. The molecule has 112 valence electrons. The molecule has 0 saturated carbocycles. The van der Waals surface area contributed by atoms with E-state index in [0.29, 0.717) is 22.9 Å². The maximum Gasteiger partial charge on any atom is 0.261 e. The molecule has 3 aromatic heterocycles. The van der Waals surface area contributed by atoms with Gasteiger partial charge in [-0.2, -0.15) is 5.10 Å². The van der Waals surface area contributed by atoms with Crippen molar-refractivity contribution in [3.8, 4) is 11.3 Å². The molecule has 0 aliphatic carbocycles. The lowest BCUT2D eigenvalue weighted by Gasteiger charge is -2.04. The average Bonchev–Trinajstić information content (AvgIpc) is 3.23. The number of hydrogen-bond donors (Lipinski definition) is 2. The molecular weight excluding hydrogens is 292 g/mol. The monoisotopic (exact) mass is 304 g/mol. The van der Waals surface area contributed by atoms with Gasteiger partial charge in [0.2, 0.25) is 5.95 Å². The van der Waals surface area contributed by atoms with Crippen LogP contribution in [-0.2, 0) is 0 Å². The molecule has 0 saturated heterocycles. The number of hydrogen-bond acceptors (Lipinski definition) is 4. The Balaban J connectivity index is 1.67. The number of aromatic nitrogens is 5. The van der Waals surface area contributed by atoms with Gasteiger partial charge in [0.25, 0.3) is 5.91 Å². The zero-order valence-electron chi connectivity index (χ0n) is 12.0. The van der Waals surface area contributed by atoms with Crippen LogP contribution in [0.25, 0.3) is 16.9 Å². The number of benzene rings is 1. The van der Waals surface area contributed by atoms with Crippen molar-refractivity contribution in [3.05, 3.63) is 66.5 Å². The number of fused-ring (bicyclic) bond motifs is 1. The van der Waals surface area contributed by atoms with Crippen molar-refractivity contribution in [2.75, 3.05) is 5.32 Å². The second-order valence-corrected chi connectivity index (χ2v) is 4.93. The van der Waals surface area contributed by atoms with Gasteiger partial charge in [-0.3, -0.25) is 19.6 Å². The number of nitrogens with zero attached hydrogens (tertiary/aromatic N) is 4. The first kappa shape index (κ1) is 13.2. The zero-order valence-corrected chi connectivity index (χ0v) is 12.0. The van der Waals surface area contributed by atoms with Gasteiger partial charge in [0.1, 0.15) is 0 Å². The van der Waals surface area contributed by atoms with E-state index in [-0.39, 0.29) is 5.91 Å². The third kappa shape index (κ3) is 2.34. The SMILES string of the molecule is O=C(Nc1nnc2ccccn12)c1cn[nH]c1-c1ccccc1. The number of pyridine rings is 1. The maximum atomic E-state index is 12.6. The highest BCUT2D eigenvalue weighted by Crippen LogP contribution is 2.21. The lowest BCUT2D eigenvalue weighted by molar-refractivity contribution is 0.102. The molecule has 0 radical (unpaired) electrons. The third-order valence-corrected chi connectivity index (χ3v) is 3.49. The van der Waals surface area contributed by atoms with Crippen LogP contribution in [0, 0.1) is 0 Å². The molecule has 0 fully saturated rings. The Bertz CT molecular complexity index is 972. The Labute approximate surface area is 131 Å². The van der Waals surface area contributed by atoms with Crippen LogP contribution in [0.2, 0.25) is 0 Å². The smallest absolute Gasteiger partial charge is 0.261 e. The van der Waals surface area contributed by atoms with Gasteiger partial charge < -0.3 is 0 Å². The predicted octanol–water partition coefficient (Wildman–Crippen LogP) is 2.37. The zero-order chi connectivity index (χ0) is 15.6. The van der Waals surface area contributed by atoms with Gasteiger partial charge in [-0.1, -0.05) is 36.4 Å². The number of amides is 1. The fourth-order valence-corrected chi connectivity index (χ4v) is 2.38. The second-order valence-electron chi connectivity index (χ2n) is 4.93. The van der Waals surface area contributed by atoms with Gasteiger partial charge in [0.05, 0.1) is 17.5 Å². The van der Waals surface area contributed by atoms with Crippen LogP contribution in [0.5, 0.6) is 0 Å². The quantitative estimate of drug-likeness (QED) is 0.608. The molecule has 0 spiro atoms. The van der Waals surface area contributed by atoms with Gasteiger partial charge in [-0.05, 0) is 12.1 Å². The van der Waals surface area contributed by atoms with Gasteiger partial charge in [0, 0.05) is 11.8 Å². The minimum Gasteiger partial charge on any atom is -0.290 e. The van der Waals surface area contributed by atoms with E-state index in [1.807, 2.05) is 48.5 Å². The lowest BCUT2D eigenvalue weighted by atomic mass is 10.1. The van der Waals surface area contributed by atoms with E-state index < -0.39 is 0 Å². The Morgan fingerprint density at radius 2 is 1.87 bits per heavy atom. The van der Waals surface area contributed by atoms with Gasteiger partial charge >= 0.3 is 0 Å². The van der Waals surface area contributed by atoms with Gasteiger partial charge in [-0.15, -0.1) is 10.2 Å².